The summed E-state index contributed by atoms with van der Waals surface area (Å²) >= 11 is 0. The van der Waals surface area contributed by atoms with Gasteiger partial charge in [0.25, 0.3) is 0 Å². The predicted molar refractivity (Wildman–Crippen MR) is 89.1 cm³/mol. The summed E-state index contributed by atoms with van der Waals surface area (Å²) in [4.78, 5) is 12.8. The summed E-state index contributed by atoms with van der Waals surface area (Å²) in [6.07, 6.45) is 10.1. The first-order valence-corrected chi connectivity index (χ1v) is 8.75. The fourth-order valence-electron chi connectivity index (χ4n) is 5.31. The summed E-state index contributed by atoms with van der Waals surface area (Å²) in [6.45, 7) is 0. The Morgan fingerprint density at radius 3 is 2.35 bits per heavy atom. The molecule has 0 spiro atoms. The molecule has 4 saturated carbocycles. The van der Waals surface area contributed by atoms with Crippen LogP contribution in [0.5, 0.6) is 5.75 Å². The van der Waals surface area contributed by atoms with Gasteiger partial charge >= 0.3 is 0 Å². The van der Waals surface area contributed by atoms with Gasteiger partial charge in [0.05, 0.1) is 11.6 Å². The first-order chi connectivity index (χ1) is 11.1. The highest BCUT2D eigenvalue weighted by atomic mass is 16.3. The van der Waals surface area contributed by atoms with Crippen molar-refractivity contribution >= 4 is 12.1 Å². The molecule has 4 aliphatic rings. The molecule has 4 fully saturated rings. The van der Waals surface area contributed by atoms with Gasteiger partial charge in [-0.15, -0.1) is 0 Å². The molecule has 4 nitrogen and oxygen atoms in total. The Morgan fingerprint density at radius 1 is 1.09 bits per heavy atom. The molecule has 4 heteroatoms. The fourth-order valence-corrected chi connectivity index (χ4v) is 5.31. The molecule has 23 heavy (non-hydrogen) atoms. The number of fused-ring (bicyclic) bond motifs is 1. The van der Waals surface area contributed by atoms with Crippen molar-refractivity contribution < 1.29 is 9.90 Å². The highest BCUT2D eigenvalue weighted by Crippen LogP contribution is 2.57. The zero-order valence-corrected chi connectivity index (χ0v) is 13.4. The average Bonchev–Trinajstić information content (AvgIpc) is 2.75. The van der Waals surface area contributed by atoms with Crippen LogP contribution in [0.1, 0.15) is 50.5 Å². The van der Waals surface area contributed by atoms with Gasteiger partial charge in [0.15, 0.2) is 0 Å². The molecule has 5 rings (SSSR count). The number of phenols is 1. The van der Waals surface area contributed by atoms with Crippen LogP contribution in [0.25, 0.3) is 0 Å². The van der Waals surface area contributed by atoms with Gasteiger partial charge in [0, 0.05) is 0 Å². The van der Waals surface area contributed by atoms with E-state index < -0.39 is 0 Å². The Balaban J connectivity index is 1.45. The molecular weight excluding hydrogens is 288 g/mol. The third kappa shape index (κ3) is 2.87. The largest absolute Gasteiger partial charge is 0.508 e. The van der Waals surface area contributed by atoms with Crippen LogP contribution in [0.3, 0.4) is 0 Å². The molecule has 0 radical (unpaired) electrons. The SMILES string of the molecule is O=C(N/N=C/c1ccc(O)cc1)C12CC3CCC(CC(C3)C1)C2. The Labute approximate surface area is 137 Å². The summed E-state index contributed by atoms with van der Waals surface area (Å²) in [5.74, 6) is 2.59. The summed E-state index contributed by atoms with van der Waals surface area (Å²) < 4.78 is 0. The van der Waals surface area contributed by atoms with E-state index >= 15 is 0 Å². The van der Waals surface area contributed by atoms with Crippen LogP contribution >= 0.6 is 0 Å². The number of carbonyl (C=O) groups excluding carboxylic acids is 1. The van der Waals surface area contributed by atoms with Crippen LogP contribution in [0.2, 0.25) is 0 Å². The van der Waals surface area contributed by atoms with Crippen molar-refractivity contribution in [3.8, 4) is 5.75 Å². The number of aromatic hydroxyl groups is 1. The topological polar surface area (TPSA) is 61.7 Å². The maximum absolute atomic E-state index is 12.8. The van der Waals surface area contributed by atoms with Crippen LogP contribution in [0.15, 0.2) is 29.4 Å². The first-order valence-electron chi connectivity index (χ1n) is 8.75. The van der Waals surface area contributed by atoms with E-state index in [2.05, 4.69) is 10.5 Å². The maximum Gasteiger partial charge on any atom is 0.246 e. The number of benzene rings is 1. The minimum atomic E-state index is -0.167. The molecule has 2 unspecified atom stereocenters. The van der Waals surface area contributed by atoms with Gasteiger partial charge in [-0.1, -0.05) is 12.8 Å². The lowest BCUT2D eigenvalue weighted by atomic mass is 9.58. The number of nitrogens with zero attached hydrogens (tertiary/aromatic N) is 1. The van der Waals surface area contributed by atoms with E-state index in [9.17, 15) is 9.90 Å². The molecule has 0 aliphatic heterocycles. The van der Waals surface area contributed by atoms with Crippen molar-refractivity contribution in [2.45, 2.75) is 44.9 Å². The smallest absolute Gasteiger partial charge is 0.246 e. The van der Waals surface area contributed by atoms with Crippen molar-refractivity contribution in [1.82, 2.24) is 5.43 Å². The van der Waals surface area contributed by atoms with E-state index in [1.54, 1.807) is 30.5 Å². The van der Waals surface area contributed by atoms with Gasteiger partial charge in [-0.05, 0) is 79.7 Å². The van der Waals surface area contributed by atoms with Gasteiger partial charge in [-0.2, -0.15) is 5.10 Å². The second kappa shape index (κ2) is 5.66. The second-order valence-corrected chi connectivity index (χ2v) is 7.83. The average molecular weight is 312 g/mol. The molecule has 0 saturated heterocycles. The van der Waals surface area contributed by atoms with E-state index in [-0.39, 0.29) is 17.1 Å². The van der Waals surface area contributed by atoms with Gasteiger partial charge in [0.2, 0.25) is 5.91 Å². The Hall–Kier alpha value is -1.84. The Morgan fingerprint density at radius 2 is 1.70 bits per heavy atom. The van der Waals surface area contributed by atoms with E-state index in [4.69, 9.17) is 0 Å². The number of carbonyl (C=O) groups is 1. The monoisotopic (exact) mass is 312 g/mol. The molecule has 0 heterocycles. The normalized spacial score (nSPS) is 35.4. The van der Waals surface area contributed by atoms with Crippen LogP contribution in [0, 0.1) is 23.2 Å². The number of hydrazone groups is 1. The van der Waals surface area contributed by atoms with E-state index in [1.807, 2.05) is 0 Å². The third-order valence-electron chi connectivity index (χ3n) is 6.11. The molecule has 1 amide bonds. The van der Waals surface area contributed by atoms with Gasteiger partial charge in [0.1, 0.15) is 5.75 Å². The molecule has 2 atom stereocenters. The van der Waals surface area contributed by atoms with Crippen LogP contribution in [-0.4, -0.2) is 17.2 Å². The molecule has 1 aromatic carbocycles. The van der Waals surface area contributed by atoms with Crippen LogP contribution in [-0.2, 0) is 4.79 Å². The number of nitrogens with one attached hydrogen (secondary N) is 1. The van der Waals surface area contributed by atoms with Gasteiger partial charge < -0.3 is 5.11 Å². The molecule has 4 bridgehead atoms. The minimum absolute atomic E-state index is 0.119. The number of hydrogen-bond donors (Lipinski definition) is 2. The van der Waals surface area contributed by atoms with Crippen LogP contribution in [0.4, 0.5) is 0 Å². The van der Waals surface area contributed by atoms with E-state index in [1.165, 1.54) is 25.7 Å². The standard InChI is InChI=1S/C19H24N2O2/c22-17-5-3-13(4-6-17)12-20-21-18(23)19-9-14-1-2-15(10-19)8-16(7-14)11-19/h3-6,12,14-16,22H,1-2,7-11H2,(H,21,23)/b20-12+. The summed E-state index contributed by atoms with van der Waals surface area (Å²) in [7, 11) is 0. The highest BCUT2D eigenvalue weighted by molar-refractivity contribution is 5.85. The summed E-state index contributed by atoms with van der Waals surface area (Å²) in [5, 5.41) is 13.4. The van der Waals surface area contributed by atoms with E-state index in [0.29, 0.717) is 0 Å². The number of hydrogen-bond acceptors (Lipinski definition) is 3. The Bertz CT molecular complexity index is 607. The molecule has 0 aromatic heterocycles. The van der Waals surface area contributed by atoms with Crippen molar-refractivity contribution in [3.63, 3.8) is 0 Å². The zero-order valence-electron chi connectivity index (χ0n) is 13.4. The second-order valence-electron chi connectivity index (χ2n) is 7.83. The minimum Gasteiger partial charge on any atom is -0.508 e. The molecule has 2 N–H and O–H groups in total. The number of amides is 1. The van der Waals surface area contributed by atoms with Gasteiger partial charge in [-0.25, -0.2) is 5.43 Å². The lowest BCUT2D eigenvalue weighted by Crippen LogP contribution is -2.47. The summed E-state index contributed by atoms with van der Waals surface area (Å²) in [6, 6.07) is 6.79. The van der Waals surface area contributed by atoms with Crippen molar-refractivity contribution in [3.05, 3.63) is 29.8 Å². The van der Waals surface area contributed by atoms with Crippen molar-refractivity contribution in [2.75, 3.05) is 0 Å². The van der Waals surface area contributed by atoms with Crippen LogP contribution < -0.4 is 5.43 Å². The maximum atomic E-state index is 12.8. The fraction of sp³-hybridized carbons (Fsp3) is 0.579. The quantitative estimate of drug-likeness (QED) is 0.663. The number of phenolic OH excluding ortho intramolecular Hbond substituents is 1. The molecule has 4 aliphatic carbocycles. The molecular formula is C19H24N2O2. The van der Waals surface area contributed by atoms with Crippen molar-refractivity contribution in [1.29, 1.82) is 0 Å². The third-order valence-corrected chi connectivity index (χ3v) is 6.11. The predicted octanol–water partition coefficient (Wildman–Crippen LogP) is 3.45. The Kier molecular flexibility index (Phi) is 3.63. The van der Waals surface area contributed by atoms with E-state index in [0.717, 1.165) is 42.6 Å². The lowest BCUT2D eigenvalue weighted by molar-refractivity contribution is -0.138. The number of rotatable bonds is 3. The van der Waals surface area contributed by atoms with Gasteiger partial charge in [-0.3, -0.25) is 4.79 Å². The van der Waals surface area contributed by atoms with Crippen molar-refractivity contribution in [2.24, 2.45) is 28.3 Å². The lowest BCUT2D eigenvalue weighted by Gasteiger charge is -2.46. The first kappa shape index (κ1) is 14.7. The molecule has 1 aromatic rings. The molecule has 122 valence electrons. The zero-order chi connectivity index (χ0) is 15.9. The highest BCUT2D eigenvalue weighted by Gasteiger charge is 2.52. The summed E-state index contributed by atoms with van der Waals surface area (Å²) in [5.41, 5.74) is 3.50.